The first-order chi connectivity index (χ1) is 13.4. The molecule has 0 amide bonds. The van der Waals surface area contributed by atoms with Crippen LogP contribution in [0.4, 0.5) is 0 Å². The standard InChI is InChI=1S/C22H20N2.C2H4O2/c1-15-7-3-4-9-17(15)13-21(23)20-14-24(2)22-18-10-6-5-8-16(18)11-12-19(20)22;1-2(3)4/h3-12,14,23H,13H2,1-2H3;1H3,(H,3,4). The SMILES string of the molecule is CC(=O)O.Cc1ccccc1CC(=N)c1cn(C)c2c1ccc1ccccc12. The first-order valence-corrected chi connectivity index (χ1v) is 9.17. The maximum Gasteiger partial charge on any atom is 0.300 e. The number of hydrogen-bond donors (Lipinski definition) is 2. The fourth-order valence-corrected chi connectivity index (χ4v) is 3.51. The molecule has 0 saturated heterocycles. The quantitative estimate of drug-likeness (QED) is 0.477. The summed E-state index contributed by atoms with van der Waals surface area (Å²) in [4.78, 5) is 9.00. The number of rotatable bonds is 3. The second-order valence-corrected chi connectivity index (χ2v) is 6.94. The first kappa shape index (κ1) is 19.4. The van der Waals surface area contributed by atoms with E-state index in [9.17, 15) is 0 Å². The third-order valence-corrected chi connectivity index (χ3v) is 4.82. The molecule has 2 N–H and O–H groups in total. The number of aliphatic carboxylic acids is 1. The number of carbonyl (C=O) groups is 1. The molecule has 1 heterocycles. The molecule has 0 fully saturated rings. The minimum Gasteiger partial charge on any atom is -0.481 e. The Kier molecular flexibility index (Phi) is 5.59. The molecule has 4 heteroatoms. The highest BCUT2D eigenvalue weighted by atomic mass is 16.4. The number of aryl methyl sites for hydroxylation is 2. The molecule has 0 atom stereocenters. The molecular weight excluding hydrogens is 348 g/mol. The zero-order valence-electron chi connectivity index (χ0n) is 16.4. The first-order valence-electron chi connectivity index (χ1n) is 9.17. The summed E-state index contributed by atoms with van der Waals surface area (Å²) in [6, 6.07) is 21.1. The fraction of sp³-hybridized carbons (Fsp3) is 0.167. The lowest BCUT2D eigenvalue weighted by atomic mass is 9.97. The Morgan fingerprint density at radius 2 is 1.64 bits per heavy atom. The van der Waals surface area contributed by atoms with Gasteiger partial charge in [-0.2, -0.15) is 0 Å². The number of fused-ring (bicyclic) bond motifs is 3. The highest BCUT2D eigenvalue weighted by molar-refractivity contribution is 6.16. The predicted octanol–water partition coefficient (Wildman–Crippen LogP) is 5.34. The molecule has 28 heavy (non-hydrogen) atoms. The van der Waals surface area contributed by atoms with E-state index in [-0.39, 0.29) is 0 Å². The van der Waals surface area contributed by atoms with Gasteiger partial charge < -0.3 is 15.1 Å². The van der Waals surface area contributed by atoms with Crippen molar-refractivity contribution in [2.45, 2.75) is 20.3 Å². The van der Waals surface area contributed by atoms with E-state index in [4.69, 9.17) is 15.3 Å². The Balaban J connectivity index is 0.000000516. The average molecular weight is 372 g/mol. The van der Waals surface area contributed by atoms with Crippen LogP contribution in [-0.4, -0.2) is 21.4 Å². The zero-order valence-corrected chi connectivity index (χ0v) is 16.4. The van der Waals surface area contributed by atoms with Crippen molar-refractivity contribution in [3.63, 3.8) is 0 Å². The van der Waals surface area contributed by atoms with Gasteiger partial charge in [0.1, 0.15) is 0 Å². The van der Waals surface area contributed by atoms with Gasteiger partial charge in [0, 0.05) is 48.6 Å². The van der Waals surface area contributed by atoms with Gasteiger partial charge in [-0.3, -0.25) is 4.79 Å². The molecule has 0 aliphatic carbocycles. The zero-order chi connectivity index (χ0) is 20.3. The van der Waals surface area contributed by atoms with Crippen molar-refractivity contribution in [2.75, 3.05) is 0 Å². The van der Waals surface area contributed by atoms with Gasteiger partial charge in [0.15, 0.2) is 0 Å². The fourth-order valence-electron chi connectivity index (χ4n) is 3.51. The molecule has 3 aromatic carbocycles. The van der Waals surface area contributed by atoms with Crippen molar-refractivity contribution >= 4 is 33.4 Å². The Morgan fingerprint density at radius 3 is 2.36 bits per heavy atom. The van der Waals surface area contributed by atoms with Gasteiger partial charge in [-0.1, -0.05) is 60.7 Å². The Morgan fingerprint density at radius 1 is 1.00 bits per heavy atom. The van der Waals surface area contributed by atoms with Gasteiger partial charge >= 0.3 is 0 Å². The van der Waals surface area contributed by atoms with E-state index < -0.39 is 5.97 Å². The van der Waals surface area contributed by atoms with Crippen LogP contribution >= 0.6 is 0 Å². The van der Waals surface area contributed by atoms with Gasteiger partial charge in [-0.25, -0.2) is 0 Å². The van der Waals surface area contributed by atoms with Crippen molar-refractivity contribution in [3.05, 3.63) is 83.6 Å². The molecule has 1 aromatic heterocycles. The van der Waals surface area contributed by atoms with E-state index in [1.807, 2.05) is 12.1 Å². The molecule has 0 unspecified atom stereocenters. The van der Waals surface area contributed by atoms with E-state index >= 15 is 0 Å². The van der Waals surface area contributed by atoms with Gasteiger partial charge in [0.05, 0.1) is 5.52 Å². The topological polar surface area (TPSA) is 66.1 Å². The summed E-state index contributed by atoms with van der Waals surface area (Å²) in [5.74, 6) is -0.833. The second-order valence-electron chi connectivity index (χ2n) is 6.94. The monoisotopic (exact) mass is 372 g/mol. The molecule has 4 rings (SSSR count). The van der Waals surface area contributed by atoms with Crippen LogP contribution in [0.3, 0.4) is 0 Å². The number of nitrogens with one attached hydrogen (secondary N) is 1. The van der Waals surface area contributed by atoms with Gasteiger partial charge in [-0.15, -0.1) is 0 Å². The summed E-state index contributed by atoms with van der Waals surface area (Å²) in [5, 5.41) is 19.7. The van der Waals surface area contributed by atoms with Crippen molar-refractivity contribution in [2.24, 2.45) is 7.05 Å². The van der Waals surface area contributed by atoms with E-state index in [0.29, 0.717) is 12.1 Å². The van der Waals surface area contributed by atoms with Crippen LogP contribution in [0, 0.1) is 12.3 Å². The summed E-state index contributed by atoms with van der Waals surface area (Å²) in [6.45, 7) is 3.19. The second kappa shape index (κ2) is 8.09. The van der Waals surface area contributed by atoms with Crippen molar-refractivity contribution in [3.8, 4) is 0 Å². The number of hydrogen-bond acceptors (Lipinski definition) is 2. The van der Waals surface area contributed by atoms with E-state index in [1.165, 1.54) is 27.4 Å². The summed E-state index contributed by atoms with van der Waals surface area (Å²) in [5.41, 5.74) is 5.37. The lowest BCUT2D eigenvalue weighted by molar-refractivity contribution is -0.134. The average Bonchev–Trinajstić information content (AvgIpc) is 3.00. The lowest BCUT2D eigenvalue weighted by Gasteiger charge is -2.07. The van der Waals surface area contributed by atoms with Crippen molar-refractivity contribution < 1.29 is 9.90 Å². The molecule has 0 aliphatic heterocycles. The number of nitrogens with zero attached hydrogens (tertiary/aromatic N) is 1. The van der Waals surface area contributed by atoms with Crippen LogP contribution in [0.5, 0.6) is 0 Å². The molecular formula is C24H24N2O2. The molecule has 4 aromatic rings. The van der Waals surface area contributed by atoms with Crippen LogP contribution in [0.2, 0.25) is 0 Å². The normalized spacial score (nSPS) is 10.5. The molecule has 4 nitrogen and oxygen atoms in total. The number of carboxylic acids is 1. The van der Waals surface area contributed by atoms with Gasteiger partial charge in [0.25, 0.3) is 5.97 Å². The summed E-state index contributed by atoms with van der Waals surface area (Å²) < 4.78 is 2.15. The molecule has 0 spiro atoms. The van der Waals surface area contributed by atoms with Gasteiger partial charge in [0.2, 0.25) is 0 Å². The van der Waals surface area contributed by atoms with E-state index in [2.05, 4.69) is 73.3 Å². The van der Waals surface area contributed by atoms with Crippen LogP contribution in [-0.2, 0) is 18.3 Å². The van der Waals surface area contributed by atoms with E-state index in [1.54, 1.807) is 0 Å². The smallest absolute Gasteiger partial charge is 0.300 e. The van der Waals surface area contributed by atoms with Crippen LogP contribution in [0.25, 0.3) is 21.7 Å². The van der Waals surface area contributed by atoms with Crippen molar-refractivity contribution in [1.29, 1.82) is 5.41 Å². The van der Waals surface area contributed by atoms with Crippen LogP contribution in [0.15, 0.2) is 66.9 Å². The summed E-state index contributed by atoms with van der Waals surface area (Å²) in [7, 11) is 2.07. The van der Waals surface area contributed by atoms with Gasteiger partial charge in [-0.05, 0) is 23.4 Å². The third-order valence-electron chi connectivity index (χ3n) is 4.82. The summed E-state index contributed by atoms with van der Waals surface area (Å²) in [6.07, 6.45) is 2.76. The molecule has 0 bridgehead atoms. The predicted molar refractivity (Wildman–Crippen MR) is 115 cm³/mol. The van der Waals surface area contributed by atoms with Crippen molar-refractivity contribution in [1.82, 2.24) is 4.57 Å². The lowest BCUT2D eigenvalue weighted by Crippen LogP contribution is -2.04. The number of benzene rings is 3. The molecule has 142 valence electrons. The molecule has 0 radical (unpaired) electrons. The van der Waals surface area contributed by atoms with Crippen LogP contribution < -0.4 is 0 Å². The highest BCUT2D eigenvalue weighted by Gasteiger charge is 2.14. The number of carboxylic acid groups (broad SMARTS) is 1. The minimum atomic E-state index is -0.833. The summed E-state index contributed by atoms with van der Waals surface area (Å²) >= 11 is 0. The maximum absolute atomic E-state index is 9.00. The Labute approximate surface area is 164 Å². The maximum atomic E-state index is 9.00. The van der Waals surface area contributed by atoms with E-state index in [0.717, 1.165) is 17.9 Å². The number of aromatic nitrogens is 1. The van der Waals surface area contributed by atoms with Crippen LogP contribution in [0.1, 0.15) is 23.6 Å². The highest BCUT2D eigenvalue weighted by Crippen LogP contribution is 2.29. The molecule has 0 saturated carbocycles. The minimum absolute atomic E-state index is 0.665. The third kappa shape index (κ3) is 3.96. The Bertz CT molecular complexity index is 1170. The molecule has 0 aliphatic rings. The largest absolute Gasteiger partial charge is 0.481 e. The Hall–Kier alpha value is -3.40.